The molecule has 0 bridgehead atoms. The van der Waals surface area contributed by atoms with E-state index in [0.717, 1.165) is 37.8 Å². The Labute approximate surface area is 118 Å². The predicted molar refractivity (Wildman–Crippen MR) is 75.4 cm³/mol. The molecule has 2 aliphatic rings. The summed E-state index contributed by atoms with van der Waals surface area (Å²) in [5, 5.41) is 19.7. The van der Waals surface area contributed by atoms with Gasteiger partial charge in [-0.25, -0.2) is 4.98 Å². The van der Waals surface area contributed by atoms with Crippen molar-refractivity contribution in [3.8, 4) is 0 Å². The van der Waals surface area contributed by atoms with Crippen molar-refractivity contribution in [1.82, 2.24) is 15.6 Å². The Hall–Kier alpha value is -0.200. The highest BCUT2D eigenvalue weighted by atomic mass is 35.5. The van der Waals surface area contributed by atoms with Gasteiger partial charge >= 0.3 is 0 Å². The summed E-state index contributed by atoms with van der Waals surface area (Å²) >= 11 is 1.79. The van der Waals surface area contributed by atoms with Crippen LogP contribution in [0.3, 0.4) is 0 Å². The summed E-state index contributed by atoms with van der Waals surface area (Å²) in [5.74, 6) is 1.10. The summed E-state index contributed by atoms with van der Waals surface area (Å²) in [5.41, 5.74) is 1.15. The molecule has 3 rings (SSSR count). The molecule has 18 heavy (non-hydrogen) atoms. The van der Waals surface area contributed by atoms with Gasteiger partial charge < -0.3 is 15.7 Å². The van der Waals surface area contributed by atoms with E-state index in [2.05, 4.69) is 21.0 Å². The van der Waals surface area contributed by atoms with Crippen molar-refractivity contribution >= 4 is 23.7 Å². The van der Waals surface area contributed by atoms with Crippen LogP contribution >= 0.6 is 23.7 Å². The lowest BCUT2D eigenvalue weighted by atomic mass is 10.1. The van der Waals surface area contributed by atoms with Crippen LogP contribution in [0, 0.1) is 5.92 Å². The predicted octanol–water partition coefficient (Wildman–Crippen LogP) is 1.11. The van der Waals surface area contributed by atoms with E-state index >= 15 is 0 Å². The van der Waals surface area contributed by atoms with E-state index in [4.69, 9.17) is 0 Å². The first kappa shape index (κ1) is 14.2. The van der Waals surface area contributed by atoms with Crippen LogP contribution in [0.4, 0.5) is 0 Å². The van der Waals surface area contributed by atoms with Gasteiger partial charge in [-0.2, -0.15) is 0 Å². The molecule has 1 aliphatic carbocycles. The van der Waals surface area contributed by atoms with Crippen LogP contribution in [-0.2, 0) is 6.54 Å². The normalized spacial score (nSPS) is 27.2. The molecule has 1 aromatic rings. The van der Waals surface area contributed by atoms with Crippen molar-refractivity contribution in [3.63, 3.8) is 0 Å². The van der Waals surface area contributed by atoms with Crippen molar-refractivity contribution in [2.45, 2.75) is 31.4 Å². The maximum absolute atomic E-state index is 9.66. The average molecular weight is 290 g/mol. The van der Waals surface area contributed by atoms with E-state index in [1.165, 1.54) is 17.8 Å². The molecule has 2 atom stereocenters. The number of rotatable bonds is 5. The van der Waals surface area contributed by atoms with Crippen molar-refractivity contribution in [3.05, 3.63) is 16.1 Å². The van der Waals surface area contributed by atoms with Crippen LogP contribution in [0.2, 0.25) is 0 Å². The second-order valence-electron chi connectivity index (χ2n) is 5.07. The molecule has 102 valence electrons. The Bertz CT molecular complexity index is 383. The molecular formula is C12H20ClN3OS. The molecule has 4 nitrogen and oxygen atoms in total. The van der Waals surface area contributed by atoms with E-state index in [1.807, 2.05) is 0 Å². The van der Waals surface area contributed by atoms with Gasteiger partial charge in [0.1, 0.15) is 0 Å². The molecule has 1 aromatic heterocycles. The standard InChI is InChI=1S/C12H19N3OS.ClH/c16-11-6-14-4-9(11)3-13-5-10-7-17-12(15-10)8-1-2-8;/h7-9,11,13-14,16H,1-6H2;1H. The van der Waals surface area contributed by atoms with Gasteiger partial charge in [0.05, 0.1) is 16.8 Å². The third-order valence-electron chi connectivity index (χ3n) is 3.51. The van der Waals surface area contributed by atoms with Crippen LogP contribution in [0.1, 0.15) is 29.5 Å². The average Bonchev–Trinajstić information content (AvgIpc) is 2.94. The minimum Gasteiger partial charge on any atom is -0.391 e. The van der Waals surface area contributed by atoms with Crippen molar-refractivity contribution in [2.24, 2.45) is 5.92 Å². The van der Waals surface area contributed by atoms with Crippen LogP contribution in [0.15, 0.2) is 5.38 Å². The number of nitrogens with one attached hydrogen (secondary N) is 2. The second kappa shape index (κ2) is 6.30. The Morgan fingerprint density at radius 3 is 2.94 bits per heavy atom. The second-order valence-corrected chi connectivity index (χ2v) is 5.96. The largest absolute Gasteiger partial charge is 0.391 e. The first-order valence-corrected chi connectivity index (χ1v) is 7.24. The van der Waals surface area contributed by atoms with Gasteiger partial charge in [-0.15, -0.1) is 23.7 Å². The summed E-state index contributed by atoms with van der Waals surface area (Å²) in [4.78, 5) is 4.63. The number of aliphatic hydroxyl groups excluding tert-OH is 1. The van der Waals surface area contributed by atoms with Gasteiger partial charge in [0.15, 0.2) is 0 Å². The van der Waals surface area contributed by atoms with E-state index in [0.29, 0.717) is 5.92 Å². The molecule has 0 spiro atoms. The Balaban J connectivity index is 0.00000120. The first-order chi connectivity index (χ1) is 8.33. The molecule has 2 fully saturated rings. The lowest BCUT2D eigenvalue weighted by Gasteiger charge is -2.13. The van der Waals surface area contributed by atoms with Gasteiger partial charge in [0, 0.05) is 43.4 Å². The lowest BCUT2D eigenvalue weighted by Crippen LogP contribution is -2.30. The maximum Gasteiger partial charge on any atom is 0.0959 e. The van der Waals surface area contributed by atoms with Gasteiger partial charge in [-0.05, 0) is 12.8 Å². The maximum atomic E-state index is 9.66. The monoisotopic (exact) mass is 289 g/mol. The van der Waals surface area contributed by atoms with Crippen LogP contribution in [0.5, 0.6) is 0 Å². The molecule has 1 saturated carbocycles. The number of hydrogen-bond donors (Lipinski definition) is 3. The first-order valence-electron chi connectivity index (χ1n) is 6.36. The number of hydrogen-bond acceptors (Lipinski definition) is 5. The van der Waals surface area contributed by atoms with Gasteiger partial charge in [0.2, 0.25) is 0 Å². The third kappa shape index (κ3) is 3.42. The van der Waals surface area contributed by atoms with Gasteiger partial charge in [-0.3, -0.25) is 0 Å². The SMILES string of the molecule is Cl.OC1CNCC1CNCc1csc(C2CC2)n1. The summed E-state index contributed by atoms with van der Waals surface area (Å²) in [6, 6.07) is 0. The summed E-state index contributed by atoms with van der Waals surface area (Å²) in [6.07, 6.45) is 2.45. The van der Waals surface area contributed by atoms with Crippen molar-refractivity contribution in [2.75, 3.05) is 19.6 Å². The zero-order valence-electron chi connectivity index (χ0n) is 10.3. The smallest absolute Gasteiger partial charge is 0.0959 e. The summed E-state index contributed by atoms with van der Waals surface area (Å²) < 4.78 is 0. The highest BCUT2D eigenvalue weighted by Gasteiger charge is 2.27. The molecule has 1 aliphatic heterocycles. The number of aromatic nitrogens is 1. The molecule has 0 aromatic carbocycles. The van der Waals surface area contributed by atoms with Crippen LogP contribution < -0.4 is 10.6 Å². The molecule has 0 amide bonds. The molecule has 2 heterocycles. The van der Waals surface area contributed by atoms with E-state index < -0.39 is 0 Å². The lowest BCUT2D eigenvalue weighted by molar-refractivity contribution is 0.146. The highest BCUT2D eigenvalue weighted by molar-refractivity contribution is 7.09. The fourth-order valence-electron chi connectivity index (χ4n) is 2.23. The fourth-order valence-corrected chi connectivity index (χ4v) is 3.23. The summed E-state index contributed by atoms with van der Waals surface area (Å²) in [6.45, 7) is 3.34. The minimum atomic E-state index is -0.194. The third-order valence-corrected chi connectivity index (χ3v) is 4.57. The minimum absolute atomic E-state index is 0. The topological polar surface area (TPSA) is 57.2 Å². The summed E-state index contributed by atoms with van der Waals surface area (Å²) in [7, 11) is 0. The van der Waals surface area contributed by atoms with E-state index in [-0.39, 0.29) is 18.5 Å². The van der Waals surface area contributed by atoms with Crippen LogP contribution in [0.25, 0.3) is 0 Å². The van der Waals surface area contributed by atoms with Gasteiger partial charge in [-0.1, -0.05) is 0 Å². The Kier molecular flexibility index (Phi) is 4.98. The number of thiazole rings is 1. The molecule has 3 N–H and O–H groups in total. The fraction of sp³-hybridized carbons (Fsp3) is 0.750. The molecule has 0 radical (unpaired) electrons. The number of halogens is 1. The zero-order valence-corrected chi connectivity index (χ0v) is 11.9. The van der Waals surface area contributed by atoms with Crippen molar-refractivity contribution < 1.29 is 5.11 Å². The zero-order chi connectivity index (χ0) is 11.7. The Morgan fingerprint density at radius 2 is 2.28 bits per heavy atom. The molecule has 1 saturated heterocycles. The highest BCUT2D eigenvalue weighted by Crippen LogP contribution is 2.41. The number of β-amino-alcohol motifs (C(OH)–C–C–N with tert-alkyl or cyclic N) is 1. The Morgan fingerprint density at radius 1 is 1.44 bits per heavy atom. The van der Waals surface area contributed by atoms with Gasteiger partial charge in [0.25, 0.3) is 0 Å². The molecule has 6 heteroatoms. The molecular weight excluding hydrogens is 270 g/mol. The van der Waals surface area contributed by atoms with Crippen molar-refractivity contribution in [1.29, 1.82) is 0 Å². The number of nitrogens with zero attached hydrogens (tertiary/aromatic N) is 1. The van der Waals surface area contributed by atoms with E-state index in [1.54, 1.807) is 11.3 Å². The van der Waals surface area contributed by atoms with E-state index in [9.17, 15) is 5.11 Å². The number of aliphatic hydroxyl groups is 1. The molecule has 2 unspecified atom stereocenters. The quantitative estimate of drug-likeness (QED) is 0.760. The van der Waals surface area contributed by atoms with Crippen LogP contribution in [-0.4, -0.2) is 35.8 Å².